The van der Waals surface area contributed by atoms with E-state index < -0.39 is 11.8 Å². The number of nitrogens with one attached hydrogen (secondary N) is 1. The zero-order valence-corrected chi connectivity index (χ0v) is 13.6. The molecule has 1 amide bonds. The first-order chi connectivity index (χ1) is 12.5. The van der Waals surface area contributed by atoms with Crippen LogP contribution in [0, 0.1) is 11.7 Å². The van der Waals surface area contributed by atoms with Crippen LogP contribution in [0.2, 0.25) is 0 Å². The van der Waals surface area contributed by atoms with E-state index in [9.17, 15) is 14.0 Å². The Kier molecular flexibility index (Phi) is 3.88. The van der Waals surface area contributed by atoms with Gasteiger partial charge in [0, 0.05) is 29.4 Å². The molecule has 1 fully saturated rings. The van der Waals surface area contributed by atoms with Gasteiger partial charge in [-0.2, -0.15) is 0 Å². The van der Waals surface area contributed by atoms with Gasteiger partial charge in [0.1, 0.15) is 5.82 Å². The van der Waals surface area contributed by atoms with Gasteiger partial charge < -0.3 is 10.4 Å². The van der Waals surface area contributed by atoms with Crippen LogP contribution in [0.1, 0.15) is 28.3 Å². The summed E-state index contributed by atoms with van der Waals surface area (Å²) in [6.07, 6.45) is 4.07. The third-order valence-corrected chi connectivity index (χ3v) is 4.69. The Morgan fingerprint density at radius 1 is 1.12 bits per heavy atom. The highest BCUT2D eigenvalue weighted by Gasteiger charge is 2.44. The summed E-state index contributed by atoms with van der Waals surface area (Å²) >= 11 is 0. The fourth-order valence-electron chi connectivity index (χ4n) is 3.18. The topological polar surface area (TPSA) is 79.3 Å². The molecule has 2 aromatic carbocycles. The first kappa shape index (κ1) is 16.2. The fraction of sp³-hybridized carbons (Fsp3) is 0.150. The predicted octanol–water partition coefficient (Wildman–Crippen LogP) is 3.81. The smallest absolute Gasteiger partial charge is 0.338 e. The number of rotatable bonds is 4. The summed E-state index contributed by atoms with van der Waals surface area (Å²) in [7, 11) is 0. The second-order valence-corrected chi connectivity index (χ2v) is 6.42. The van der Waals surface area contributed by atoms with Crippen molar-refractivity contribution < 1.29 is 19.1 Å². The van der Waals surface area contributed by atoms with Crippen LogP contribution in [0.3, 0.4) is 0 Å². The van der Waals surface area contributed by atoms with Crippen molar-refractivity contribution in [3.8, 4) is 0 Å². The SMILES string of the molecule is O=C(O)c1ccc([C@@H]2C[C@H]2C(=O)Nc2ccc3cnccc3c2)cc1F. The Hall–Kier alpha value is -3.28. The second-order valence-electron chi connectivity index (χ2n) is 6.42. The van der Waals surface area contributed by atoms with Gasteiger partial charge in [-0.25, -0.2) is 9.18 Å². The van der Waals surface area contributed by atoms with Crippen LogP contribution in [0.25, 0.3) is 10.8 Å². The van der Waals surface area contributed by atoms with E-state index in [4.69, 9.17) is 5.11 Å². The van der Waals surface area contributed by atoms with Gasteiger partial charge in [-0.3, -0.25) is 9.78 Å². The predicted molar refractivity (Wildman–Crippen MR) is 94.6 cm³/mol. The number of fused-ring (bicyclic) bond motifs is 1. The number of carboxylic acid groups (broad SMARTS) is 1. The summed E-state index contributed by atoms with van der Waals surface area (Å²) in [6.45, 7) is 0. The highest BCUT2D eigenvalue weighted by molar-refractivity contribution is 5.97. The third-order valence-electron chi connectivity index (χ3n) is 4.69. The molecule has 2 N–H and O–H groups in total. The normalized spacial score (nSPS) is 18.5. The summed E-state index contributed by atoms with van der Waals surface area (Å²) in [5.74, 6) is -2.52. The highest BCUT2D eigenvalue weighted by atomic mass is 19.1. The molecule has 1 saturated carbocycles. The molecule has 0 spiro atoms. The van der Waals surface area contributed by atoms with E-state index in [1.807, 2.05) is 24.3 Å². The zero-order chi connectivity index (χ0) is 18.3. The number of hydrogen-bond donors (Lipinski definition) is 2. The van der Waals surface area contributed by atoms with Crippen LogP contribution in [0.5, 0.6) is 0 Å². The highest BCUT2D eigenvalue weighted by Crippen LogP contribution is 2.48. The van der Waals surface area contributed by atoms with Crippen molar-refractivity contribution in [1.29, 1.82) is 0 Å². The molecule has 6 heteroatoms. The molecule has 0 unspecified atom stereocenters. The molecule has 2 atom stereocenters. The lowest BCUT2D eigenvalue weighted by atomic mass is 10.1. The summed E-state index contributed by atoms with van der Waals surface area (Å²) in [5.41, 5.74) is 0.991. The molecular weight excluding hydrogens is 335 g/mol. The number of benzene rings is 2. The van der Waals surface area contributed by atoms with Gasteiger partial charge in [0.15, 0.2) is 0 Å². The molecule has 0 radical (unpaired) electrons. The molecule has 26 heavy (non-hydrogen) atoms. The molecule has 4 rings (SSSR count). The van der Waals surface area contributed by atoms with Crippen molar-refractivity contribution in [2.45, 2.75) is 12.3 Å². The molecule has 1 aromatic heterocycles. The summed E-state index contributed by atoms with van der Waals surface area (Å²) in [6, 6.07) is 11.5. The van der Waals surface area contributed by atoms with Gasteiger partial charge in [-0.05, 0) is 53.6 Å². The van der Waals surface area contributed by atoms with E-state index in [0.717, 1.165) is 10.8 Å². The Labute approximate surface area is 148 Å². The zero-order valence-electron chi connectivity index (χ0n) is 13.6. The van der Waals surface area contributed by atoms with E-state index in [2.05, 4.69) is 10.3 Å². The number of carbonyl (C=O) groups is 2. The Morgan fingerprint density at radius 2 is 1.96 bits per heavy atom. The quantitative estimate of drug-likeness (QED) is 0.750. The molecule has 130 valence electrons. The number of pyridine rings is 1. The van der Waals surface area contributed by atoms with Crippen LogP contribution in [-0.2, 0) is 4.79 Å². The van der Waals surface area contributed by atoms with E-state index in [-0.39, 0.29) is 23.3 Å². The Bertz CT molecular complexity index is 1030. The minimum Gasteiger partial charge on any atom is -0.478 e. The van der Waals surface area contributed by atoms with Crippen molar-refractivity contribution in [1.82, 2.24) is 4.98 Å². The Morgan fingerprint density at radius 3 is 2.73 bits per heavy atom. The molecule has 1 aliphatic rings. The minimum absolute atomic E-state index is 0.0861. The van der Waals surface area contributed by atoms with Crippen molar-refractivity contribution >= 4 is 28.3 Å². The summed E-state index contributed by atoms with van der Waals surface area (Å²) in [4.78, 5) is 27.4. The number of aromatic carboxylic acids is 1. The maximum absolute atomic E-state index is 13.8. The van der Waals surface area contributed by atoms with E-state index in [1.54, 1.807) is 18.5 Å². The Balaban J connectivity index is 1.46. The van der Waals surface area contributed by atoms with Crippen LogP contribution < -0.4 is 5.32 Å². The lowest BCUT2D eigenvalue weighted by Gasteiger charge is -2.07. The number of aromatic nitrogens is 1. The fourth-order valence-corrected chi connectivity index (χ4v) is 3.18. The van der Waals surface area contributed by atoms with E-state index >= 15 is 0 Å². The van der Waals surface area contributed by atoms with Gasteiger partial charge >= 0.3 is 5.97 Å². The molecule has 1 heterocycles. The molecule has 0 saturated heterocycles. The third kappa shape index (κ3) is 3.01. The summed E-state index contributed by atoms with van der Waals surface area (Å²) in [5, 5.41) is 13.7. The monoisotopic (exact) mass is 350 g/mol. The van der Waals surface area contributed by atoms with Crippen LogP contribution in [-0.4, -0.2) is 22.0 Å². The number of amides is 1. The lowest BCUT2D eigenvalue weighted by Crippen LogP contribution is -2.14. The number of hydrogen-bond acceptors (Lipinski definition) is 3. The number of anilines is 1. The molecular formula is C20H15FN2O3. The van der Waals surface area contributed by atoms with Gasteiger partial charge in [-0.15, -0.1) is 0 Å². The molecule has 3 aromatic rings. The molecule has 5 nitrogen and oxygen atoms in total. The maximum atomic E-state index is 13.8. The van der Waals surface area contributed by atoms with Crippen molar-refractivity contribution in [3.05, 3.63) is 71.8 Å². The first-order valence-corrected chi connectivity index (χ1v) is 8.20. The second kappa shape index (κ2) is 6.22. The standard InChI is InChI=1S/C20H15FN2O3/c21-18-8-12(2-4-15(18)20(25)26)16-9-17(16)19(24)23-14-3-1-13-10-22-6-5-11(13)7-14/h1-8,10,16-17H,9H2,(H,23,24)(H,25,26)/t16-,17+/m0/s1. The number of carbonyl (C=O) groups excluding carboxylic acids is 1. The average molecular weight is 350 g/mol. The van der Waals surface area contributed by atoms with Crippen molar-refractivity contribution in [2.24, 2.45) is 5.92 Å². The van der Waals surface area contributed by atoms with E-state index in [0.29, 0.717) is 17.7 Å². The number of carboxylic acids is 1. The van der Waals surface area contributed by atoms with Crippen molar-refractivity contribution in [3.63, 3.8) is 0 Å². The van der Waals surface area contributed by atoms with Gasteiger partial charge in [0.25, 0.3) is 0 Å². The maximum Gasteiger partial charge on any atom is 0.338 e. The molecule has 1 aliphatic carbocycles. The largest absolute Gasteiger partial charge is 0.478 e. The van der Waals surface area contributed by atoms with Crippen LogP contribution in [0.4, 0.5) is 10.1 Å². The molecule has 0 aliphatic heterocycles. The number of halogens is 1. The van der Waals surface area contributed by atoms with Gasteiger partial charge in [0.05, 0.1) is 5.56 Å². The summed E-state index contributed by atoms with van der Waals surface area (Å²) < 4.78 is 13.8. The first-order valence-electron chi connectivity index (χ1n) is 8.20. The molecule has 0 bridgehead atoms. The number of nitrogens with zero attached hydrogens (tertiary/aromatic N) is 1. The minimum atomic E-state index is -1.30. The van der Waals surface area contributed by atoms with Crippen LogP contribution in [0.15, 0.2) is 54.9 Å². The van der Waals surface area contributed by atoms with E-state index in [1.165, 1.54) is 12.1 Å². The van der Waals surface area contributed by atoms with Gasteiger partial charge in [0.2, 0.25) is 5.91 Å². The van der Waals surface area contributed by atoms with Gasteiger partial charge in [-0.1, -0.05) is 12.1 Å². The van der Waals surface area contributed by atoms with Crippen molar-refractivity contribution in [2.75, 3.05) is 5.32 Å². The average Bonchev–Trinajstić information content (AvgIpc) is 3.42. The lowest BCUT2D eigenvalue weighted by molar-refractivity contribution is -0.117. The van der Waals surface area contributed by atoms with Crippen LogP contribution >= 0.6 is 0 Å².